The van der Waals surface area contributed by atoms with Crippen molar-refractivity contribution < 1.29 is 9.53 Å². The maximum absolute atomic E-state index is 12.1. The fourth-order valence-corrected chi connectivity index (χ4v) is 3.35. The minimum Gasteiger partial charge on any atom is -0.381 e. The van der Waals surface area contributed by atoms with Gasteiger partial charge in [0, 0.05) is 29.6 Å². The van der Waals surface area contributed by atoms with E-state index in [2.05, 4.69) is 39.4 Å². The molecule has 0 aliphatic carbocycles. The predicted molar refractivity (Wildman–Crippen MR) is 91.9 cm³/mol. The lowest BCUT2D eigenvalue weighted by molar-refractivity contribution is -0.120. The lowest BCUT2D eigenvalue weighted by Gasteiger charge is -2.38. The van der Waals surface area contributed by atoms with Gasteiger partial charge in [0.15, 0.2) is 0 Å². The van der Waals surface area contributed by atoms with Crippen LogP contribution in [-0.4, -0.2) is 37.2 Å². The third kappa shape index (κ3) is 4.24. The topological polar surface area (TPSA) is 38.3 Å². The van der Waals surface area contributed by atoms with E-state index in [0.717, 1.165) is 30.5 Å². The van der Waals surface area contributed by atoms with Crippen molar-refractivity contribution >= 4 is 33.6 Å². The van der Waals surface area contributed by atoms with Crippen LogP contribution >= 0.6 is 27.7 Å². The van der Waals surface area contributed by atoms with Gasteiger partial charge in [0.1, 0.15) is 0 Å². The first-order valence-electron chi connectivity index (χ1n) is 7.22. The molecule has 0 saturated carbocycles. The fourth-order valence-electron chi connectivity index (χ4n) is 2.66. The number of halogens is 1. The molecule has 1 saturated heterocycles. The molecule has 0 aromatic heterocycles. The van der Waals surface area contributed by atoms with Gasteiger partial charge in [0.2, 0.25) is 5.91 Å². The van der Waals surface area contributed by atoms with Crippen molar-refractivity contribution in [1.82, 2.24) is 5.32 Å². The zero-order valence-electron chi connectivity index (χ0n) is 12.5. The molecule has 1 amide bonds. The van der Waals surface area contributed by atoms with E-state index in [1.165, 1.54) is 5.56 Å². The van der Waals surface area contributed by atoms with Gasteiger partial charge in [-0.3, -0.25) is 4.79 Å². The minimum absolute atomic E-state index is 0.00981. The smallest absolute Gasteiger partial charge is 0.232 e. The van der Waals surface area contributed by atoms with Crippen molar-refractivity contribution in [1.29, 1.82) is 0 Å². The predicted octanol–water partition coefficient (Wildman–Crippen LogP) is 3.37. The first kappa shape index (κ1) is 16.8. The average Bonchev–Trinajstić information content (AvgIpc) is 2.52. The van der Waals surface area contributed by atoms with E-state index >= 15 is 0 Å². The quantitative estimate of drug-likeness (QED) is 0.861. The summed E-state index contributed by atoms with van der Waals surface area (Å²) in [6, 6.07) is 8.41. The Morgan fingerprint density at radius 1 is 1.48 bits per heavy atom. The highest BCUT2D eigenvalue weighted by atomic mass is 79.9. The number of rotatable bonds is 5. The zero-order chi connectivity index (χ0) is 15.3. The summed E-state index contributed by atoms with van der Waals surface area (Å²) < 4.78 is 6.60. The third-order valence-corrected chi connectivity index (χ3v) is 5.63. The molecule has 1 heterocycles. The Hall–Kier alpha value is -0.520. The van der Waals surface area contributed by atoms with Crippen molar-refractivity contribution in [2.75, 3.05) is 26.0 Å². The number of amides is 1. The molecule has 0 radical (unpaired) electrons. The molecule has 2 rings (SSSR count). The fraction of sp³-hybridized carbons (Fsp3) is 0.562. The summed E-state index contributed by atoms with van der Waals surface area (Å²) in [7, 11) is 0. The summed E-state index contributed by atoms with van der Waals surface area (Å²) in [6.45, 7) is 4.12. The number of nitrogens with one attached hydrogen (secondary N) is 1. The molecular weight excluding hydrogens is 350 g/mol. The maximum atomic E-state index is 12.1. The van der Waals surface area contributed by atoms with Crippen LogP contribution in [0.4, 0.5) is 0 Å². The Bertz CT molecular complexity index is 489. The Labute approximate surface area is 139 Å². The molecular formula is C16H22BrNO2S. The standard InChI is InChI=1S/C16H22BrNO2S/c1-12(21-2)15(19)18-11-16(6-8-20-9-7-16)13-4-3-5-14(17)10-13/h3-5,10,12H,6-9,11H2,1-2H3,(H,18,19). The molecule has 1 atom stereocenters. The van der Waals surface area contributed by atoms with Crippen LogP contribution in [0.1, 0.15) is 25.3 Å². The van der Waals surface area contributed by atoms with E-state index in [0.29, 0.717) is 6.54 Å². The third-order valence-electron chi connectivity index (χ3n) is 4.21. The van der Waals surface area contributed by atoms with Gasteiger partial charge in [-0.05, 0) is 43.7 Å². The Kier molecular flexibility index (Phi) is 6.14. The highest BCUT2D eigenvalue weighted by molar-refractivity contribution is 9.10. The molecule has 1 unspecified atom stereocenters. The second-order valence-electron chi connectivity index (χ2n) is 5.50. The summed E-state index contributed by atoms with van der Waals surface area (Å²) in [5.74, 6) is 0.114. The highest BCUT2D eigenvalue weighted by Gasteiger charge is 2.35. The Morgan fingerprint density at radius 2 is 2.19 bits per heavy atom. The second-order valence-corrected chi connectivity index (χ2v) is 7.59. The number of hydrogen-bond acceptors (Lipinski definition) is 3. The van der Waals surface area contributed by atoms with Crippen LogP contribution in [0.15, 0.2) is 28.7 Å². The Balaban J connectivity index is 2.16. The van der Waals surface area contributed by atoms with Crippen molar-refractivity contribution in [2.24, 2.45) is 0 Å². The summed E-state index contributed by atoms with van der Waals surface area (Å²) in [5, 5.41) is 3.12. The number of benzene rings is 1. The summed E-state index contributed by atoms with van der Waals surface area (Å²) in [6.07, 6.45) is 3.84. The normalized spacial score (nSPS) is 19.0. The van der Waals surface area contributed by atoms with E-state index in [1.807, 2.05) is 19.2 Å². The van der Waals surface area contributed by atoms with Gasteiger partial charge in [0.25, 0.3) is 0 Å². The largest absolute Gasteiger partial charge is 0.381 e. The van der Waals surface area contributed by atoms with Crippen LogP contribution in [-0.2, 0) is 14.9 Å². The number of ether oxygens (including phenoxy) is 1. The molecule has 0 spiro atoms. The first-order chi connectivity index (χ1) is 10.1. The first-order valence-corrected chi connectivity index (χ1v) is 9.30. The maximum Gasteiger partial charge on any atom is 0.232 e. The number of carbonyl (C=O) groups excluding carboxylic acids is 1. The second kappa shape index (κ2) is 7.65. The van der Waals surface area contributed by atoms with Gasteiger partial charge in [-0.25, -0.2) is 0 Å². The number of thioether (sulfide) groups is 1. The molecule has 3 nitrogen and oxygen atoms in total. The molecule has 1 fully saturated rings. The van der Waals surface area contributed by atoms with E-state index in [1.54, 1.807) is 11.8 Å². The average molecular weight is 372 g/mol. The lowest BCUT2D eigenvalue weighted by Crippen LogP contribution is -2.46. The van der Waals surface area contributed by atoms with Crippen LogP contribution < -0.4 is 5.32 Å². The number of hydrogen-bond donors (Lipinski definition) is 1. The monoisotopic (exact) mass is 371 g/mol. The molecule has 116 valence electrons. The molecule has 0 bridgehead atoms. The van der Waals surface area contributed by atoms with Crippen LogP contribution in [0.25, 0.3) is 0 Å². The van der Waals surface area contributed by atoms with Crippen LogP contribution in [0, 0.1) is 0 Å². The van der Waals surface area contributed by atoms with Crippen molar-refractivity contribution in [3.8, 4) is 0 Å². The van der Waals surface area contributed by atoms with Gasteiger partial charge in [-0.1, -0.05) is 28.1 Å². The van der Waals surface area contributed by atoms with Gasteiger partial charge >= 0.3 is 0 Å². The van der Waals surface area contributed by atoms with E-state index in [9.17, 15) is 4.79 Å². The SMILES string of the molecule is CSC(C)C(=O)NCC1(c2cccc(Br)c2)CCOCC1. The molecule has 1 aromatic rings. The Morgan fingerprint density at radius 3 is 2.81 bits per heavy atom. The summed E-state index contributed by atoms with van der Waals surface area (Å²) in [4.78, 5) is 12.1. The summed E-state index contributed by atoms with van der Waals surface area (Å²) in [5.41, 5.74) is 1.26. The van der Waals surface area contributed by atoms with Crippen molar-refractivity contribution in [3.05, 3.63) is 34.3 Å². The highest BCUT2D eigenvalue weighted by Crippen LogP contribution is 2.35. The van der Waals surface area contributed by atoms with E-state index in [-0.39, 0.29) is 16.6 Å². The minimum atomic E-state index is -0.0180. The van der Waals surface area contributed by atoms with E-state index in [4.69, 9.17) is 4.74 Å². The van der Waals surface area contributed by atoms with E-state index < -0.39 is 0 Å². The van der Waals surface area contributed by atoms with Crippen LogP contribution in [0.2, 0.25) is 0 Å². The molecule has 5 heteroatoms. The lowest BCUT2D eigenvalue weighted by atomic mass is 9.74. The van der Waals surface area contributed by atoms with Crippen LogP contribution in [0.3, 0.4) is 0 Å². The number of carbonyl (C=O) groups is 1. The molecule has 1 aliphatic rings. The van der Waals surface area contributed by atoms with Gasteiger partial charge in [-0.2, -0.15) is 11.8 Å². The molecule has 21 heavy (non-hydrogen) atoms. The summed E-state index contributed by atoms with van der Waals surface area (Å²) >= 11 is 5.12. The van der Waals surface area contributed by atoms with Crippen molar-refractivity contribution in [3.63, 3.8) is 0 Å². The van der Waals surface area contributed by atoms with Gasteiger partial charge in [-0.15, -0.1) is 0 Å². The molecule has 1 N–H and O–H groups in total. The van der Waals surface area contributed by atoms with Gasteiger partial charge in [0.05, 0.1) is 5.25 Å². The zero-order valence-corrected chi connectivity index (χ0v) is 14.9. The molecule has 1 aromatic carbocycles. The molecule has 1 aliphatic heterocycles. The van der Waals surface area contributed by atoms with Gasteiger partial charge < -0.3 is 10.1 Å². The van der Waals surface area contributed by atoms with Crippen molar-refractivity contribution in [2.45, 2.75) is 30.4 Å². The van der Waals surface area contributed by atoms with Crippen LogP contribution in [0.5, 0.6) is 0 Å².